The van der Waals surface area contributed by atoms with Crippen molar-refractivity contribution in [3.8, 4) is 5.75 Å². The molecule has 0 fully saturated rings. The Labute approximate surface area is 126 Å². The molecule has 0 saturated carbocycles. The molecule has 0 spiro atoms. The highest BCUT2D eigenvalue weighted by molar-refractivity contribution is 5.45. The third-order valence-electron chi connectivity index (χ3n) is 3.79. The number of methoxy groups -OCH3 is 1. The van der Waals surface area contributed by atoms with Gasteiger partial charge >= 0.3 is 0 Å². The average molecular weight is 285 g/mol. The molecule has 0 aliphatic heterocycles. The van der Waals surface area contributed by atoms with Gasteiger partial charge < -0.3 is 4.74 Å². The molecule has 1 unspecified atom stereocenters. The number of nitrogens with two attached hydrogens (primary N) is 1. The van der Waals surface area contributed by atoms with E-state index in [-0.39, 0.29) is 6.04 Å². The summed E-state index contributed by atoms with van der Waals surface area (Å²) in [5, 5.41) is 0. The van der Waals surface area contributed by atoms with Gasteiger partial charge in [0.2, 0.25) is 0 Å². The summed E-state index contributed by atoms with van der Waals surface area (Å²) in [5.74, 6) is 6.70. The van der Waals surface area contributed by atoms with Gasteiger partial charge in [0.15, 0.2) is 0 Å². The molecule has 4 heteroatoms. The maximum absolute atomic E-state index is 5.81. The van der Waals surface area contributed by atoms with Crippen LogP contribution in [0.5, 0.6) is 5.75 Å². The van der Waals surface area contributed by atoms with Gasteiger partial charge in [-0.1, -0.05) is 12.1 Å². The highest BCUT2D eigenvalue weighted by Gasteiger charge is 2.19. The summed E-state index contributed by atoms with van der Waals surface area (Å²) in [6.07, 6.45) is 1.87. The summed E-state index contributed by atoms with van der Waals surface area (Å²) in [5.41, 5.74) is 9.46. The quantitative estimate of drug-likeness (QED) is 0.670. The van der Waals surface area contributed by atoms with E-state index in [2.05, 4.69) is 36.4 Å². The van der Waals surface area contributed by atoms with Crippen LogP contribution < -0.4 is 16.0 Å². The summed E-state index contributed by atoms with van der Waals surface area (Å²) in [6, 6.07) is 6.14. The van der Waals surface area contributed by atoms with Crippen molar-refractivity contribution in [2.45, 2.75) is 33.7 Å². The van der Waals surface area contributed by atoms with Gasteiger partial charge in [-0.05, 0) is 61.6 Å². The number of benzene rings is 1. The fourth-order valence-electron chi connectivity index (χ4n) is 2.69. The second-order valence-electron chi connectivity index (χ2n) is 5.49. The van der Waals surface area contributed by atoms with E-state index in [0.29, 0.717) is 0 Å². The van der Waals surface area contributed by atoms with E-state index in [9.17, 15) is 0 Å². The summed E-state index contributed by atoms with van der Waals surface area (Å²) in [7, 11) is 1.69. The Morgan fingerprint density at radius 3 is 2.33 bits per heavy atom. The first-order valence-electron chi connectivity index (χ1n) is 7.02. The van der Waals surface area contributed by atoms with E-state index >= 15 is 0 Å². The van der Waals surface area contributed by atoms with Crippen LogP contribution in [-0.2, 0) is 0 Å². The minimum absolute atomic E-state index is 0.129. The van der Waals surface area contributed by atoms with Crippen LogP contribution in [0.3, 0.4) is 0 Å². The predicted octanol–water partition coefficient (Wildman–Crippen LogP) is 2.88. The molecule has 0 bridgehead atoms. The number of rotatable bonds is 4. The van der Waals surface area contributed by atoms with Crippen LogP contribution in [0.4, 0.5) is 0 Å². The Morgan fingerprint density at radius 2 is 1.76 bits per heavy atom. The lowest BCUT2D eigenvalue weighted by molar-refractivity contribution is 0.411. The van der Waals surface area contributed by atoms with Crippen LogP contribution in [0.15, 0.2) is 24.4 Å². The third-order valence-corrected chi connectivity index (χ3v) is 3.79. The van der Waals surface area contributed by atoms with Crippen molar-refractivity contribution in [1.29, 1.82) is 0 Å². The number of aromatic nitrogens is 1. The number of aryl methyl sites for hydroxylation is 4. The van der Waals surface area contributed by atoms with Gasteiger partial charge in [-0.3, -0.25) is 10.8 Å². The molecule has 2 rings (SSSR count). The van der Waals surface area contributed by atoms with E-state index in [1.807, 2.05) is 26.1 Å². The average Bonchev–Trinajstić information content (AvgIpc) is 2.45. The second-order valence-corrected chi connectivity index (χ2v) is 5.49. The summed E-state index contributed by atoms with van der Waals surface area (Å²) in [4.78, 5) is 4.56. The Morgan fingerprint density at radius 1 is 1.05 bits per heavy atom. The Kier molecular flexibility index (Phi) is 4.60. The van der Waals surface area contributed by atoms with Crippen molar-refractivity contribution in [2.75, 3.05) is 7.11 Å². The van der Waals surface area contributed by atoms with Crippen LogP contribution in [0.25, 0.3) is 0 Å². The van der Waals surface area contributed by atoms with Gasteiger partial charge in [0.25, 0.3) is 0 Å². The Balaban J connectivity index is 2.53. The summed E-state index contributed by atoms with van der Waals surface area (Å²) in [6.45, 7) is 8.19. The monoisotopic (exact) mass is 285 g/mol. The molecule has 4 nitrogen and oxygen atoms in total. The lowest BCUT2D eigenvalue weighted by Crippen LogP contribution is -2.30. The molecule has 1 heterocycles. The number of ether oxygens (including phenoxy) is 1. The van der Waals surface area contributed by atoms with Crippen LogP contribution in [0.2, 0.25) is 0 Å². The van der Waals surface area contributed by atoms with Gasteiger partial charge in [-0.25, -0.2) is 5.43 Å². The van der Waals surface area contributed by atoms with Crippen LogP contribution >= 0.6 is 0 Å². The molecule has 0 aliphatic rings. The molecule has 0 saturated heterocycles. The van der Waals surface area contributed by atoms with E-state index in [4.69, 9.17) is 10.6 Å². The molecule has 3 N–H and O–H groups in total. The van der Waals surface area contributed by atoms with Crippen molar-refractivity contribution in [3.05, 3.63) is 57.9 Å². The van der Waals surface area contributed by atoms with E-state index in [1.54, 1.807) is 7.11 Å². The fourth-order valence-corrected chi connectivity index (χ4v) is 2.69. The number of nitrogens with one attached hydrogen (secondary N) is 1. The normalized spacial score (nSPS) is 12.3. The van der Waals surface area contributed by atoms with Crippen molar-refractivity contribution < 1.29 is 4.74 Å². The first-order chi connectivity index (χ1) is 9.97. The summed E-state index contributed by atoms with van der Waals surface area (Å²) >= 11 is 0. The zero-order valence-corrected chi connectivity index (χ0v) is 13.3. The number of hydrogen-bond donors (Lipinski definition) is 2. The van der Waals surface area contributed by atoms with Crippen molar-refractivity contribution in [1.82, 2.24) is 10.4 Å². The van der Waals surface area contributed by atoms with Gasteiger partial charge in [0.05, 0.1) is 18.8 Å². The van der Waals surface area contributed by atoms with Gasteiger partial charge in [-0.2, -0.15) is 0 Å². The minimum Gasteiger partial charge on any atom is -0.496 e. The zero-order chi connectivity index (χ0) is 15.6. The van der Waals surface area contributed by atoms with E-state index in [1.165, 1.54) is 0 Å². The predicted molar refractivity (Wildman–Crippen MR) is 85.3 cm³/mol. The topological polar surface area (TPSA) is 60.2 Å². The second kappa shape index (κ2) is 6.24. The summed E-state index contributed by atoms with van der Waals surface area (Å²) < 4.78 is 5.37. The molecule has 1 aromatic carbocycles. The molecule has 1 aromatic heterocycles. The molecule has 1 atom stereocenters. The number of hydrazine groups is 1. The number of pyridine rings is 1. The smallest absolute Gasteiger partial charge is 0.122 e. The largest absolute Gasteiger partial charge is 0.496 e. The SMILES string of the molecule is COc1cc(C)c(C(NN)c2ncc(C)cc2C)cc1C. The van der Waals surface area contributed by atoms with Crippen LogP contribution in [0.1, 0.15) is 39.6 Å². The third kappa shape index (κ3) is 3.06. The van der Waals surface area contributed by atoms with Crippen LogP contribution in [-0.4, -0.2) is 12.1 Å². The first-order valence-corrected chi connectivity index (χ1v) is 7.02. The Bertz CT molecular complexity index is 653. The van der Waals surface area contributed by atoms with E-state index < -0.39 is 0 Å². The van der Waals surface area contributed by atoms with Crippen molar-refractivity contribution >= 4 is 0 Å². The molecular weight excluding hydrogens is 262 g/mol. The maximum atomic E-state index is 5.81. The minimum atomic E-state index is -0.129. The first kappa shape index (κ1) is 15.5. The van der Waals surface area contributed by atoms with Crippen LogP contribution in [0, 0.1) is 27.7 Å². The van der Waals surface area contributed by atoms with E-state index in [0.717, 1.165) is 39.3 Å². The van der Waals surface area contributed by atoms with Gasteiger partial charge in [-0.15, -0.1) is 0 Å². The molecule has 0 radical (unpaired) electrons. The highest BCUT2D eigenvalue weighted by atomic mass is 16.5. The molecule has 0 aliphatic carbocycles. The highest BCUT2D eigenvalue weighted by Crippen LogP contribution is 2.30. The zero-order valence-electron chi connectivity index (χ0n) is 13.3. The Hall–Kier alpha value is -1.91. The maximum Gasteiger partial charge on any atom is 0.122 e. The molecular formula is C17H23N3O. The molecule has 2 aromatic rings. The fraction of sp³-hybridized carbons (Fsp3) is 0.353. The number of nitrogens with zero attached hydrogens (tertiary/aromatic N) is 1. The number of hydrogen-bond acceptors (Lipinski definition) is 4. The van der Waals surface area contributed by atoms with Crippen molar-refractivity contribution in [3.63, 3.8) is 0 Å². The van der Waals surface area contributed by atoms with Gasteiger partial charge in [0.1, 0.15) is 5.75 Å². The standard InChI is InChI=1S/C17H23N3O/c1-10-6-13(4)16(19-9-10)17(20-18)14-7-12(3)15(21-5)8-11(14)2/h6-9,17,20H,18H2,1-5H3. The van der Waals surface area contributed by atoms with Crippen molar-refractivity contribution in [2.24, 2.45) is 5.84 Å². The molecule has 21 heavy (non-hydrogen) atoms. The lowest BCUT2D eigenvalue weighted by Gasteiger charge is -2.21. The molecule has 0 amide bonds. The lowest BCUT2D eigenvalue weighted by atomic mass is 9.94. The van der Waals surface area contributed by atoms with Gasteiger partial charge in [0, 0.05) is 6.20 Å². The molecule has 112 valence electrons.